The van der Waals surface area contributed by atoms with Gasteiger partial charge in [0.05, 0.1) is 23.1 Å². The van der Waals surface area contributed by atoms with E-state index in [1.165, 1.54) is 0 Å². The van der Waals surface area contributed by atoms with E-state index in [2.05, 4.69) is 5.32 Å². The number of aliphatic hydroxyl groups excluding tert-OH is 1. The predicted octanol–water partition coefficient (Wildman–Crippen LogP) is 1.72. The molecule has 94 valence electrons. The van der Waals surface area contributed by atoms with Gasteiger partial charge in [0.1, 0.15) is 17.5 Å². The number of aliphatic hydroxyl groups is 1. The summed E-state index contributed by atoms with van der Waals surface area (Å²) < 4.78 is 0. The van der Waals surface area contributed by atoms with Crippen LogP contribution < -0.4 is 5.32 Å². The molecule has 0 radical (unpaired) electrons. The highest BCUT2D eigenvalue weighted by atomic mass is 35.5. The Morgan fingerprint density at radius 3 is 2.11 bits per heavy atom. The minimum absolute atomic E-state index is 0.122. The van der Waals surface area contributed by atoms with Crippen molar-refractivity contribution < 1.29 is 5.11 Å². The van der Waals surface area contributed by atoms with Gasteiger partial charge in [-0.2, -0.15) is 15.8 Å². The number of nitrogens with zero attached hydrogens (tertiary/aromatic N) is 3. The Hall–Kier alpha value is -1.74. The molecule has 0 fully saturated rings. The van der Waals surface area contributed by atoms with Gasteiger partial charge in [0.15, 0.2) is 5.41 Å². The van der Waals surface area contributed by atoms with Crippen molar-refractivity contribution in [1.82, 2.24) is 5.32 Å². The fourth-order valence-corrected chi connectivity index (χ4v) is 2.90. The minimum Gasteiger partial charge on any atom is -0.373 e. The fourth-order valence-electron chi connectivity index (χ4n) is 2.61. The van der Waals surface area contributed by atoms with Crippen LogP contribution in [0.3, 0.4) is 0 Å². The maximum atomic E-state index is 10.2. The zero-order valence-electron chi connectivity index (χ0n) is 10.2. The standard InChI is InChI=1S/C12H13ClN4O/c1-3-11(4-2)10(18)17-9(13)8(5-14)12(11,6-15)7-16/h10,17-18H,3-4H2,1-2H3. The molecule has 1 unspecified atom stereocenters. The Balaban J connectivity index is 3.71. The van der Waals surface area contributed by atoms with Crippen molar-refractivity contribution in [2.75, 3.05) is 0 Å². The Bertz CT molecular complexity index is 488. The van der Waals surface area contributed by atoms with Gasteiger partial charge < -0.3 is 10.4 Å². The summed E-state index contributed by atoms with van der Waals surface area (Å²) >= 11 is 5.84. The fraction of sp³-hybridized carbons (Fsp3) is 0.583. The van der Waals surface area contributed by atoms with Crippen molar-refractivity contribution in [1.29, 1.82) is 15.8 Å². The number of rotatable bonds is 2. The molecule has 18 heavy (non-hydrogen) atoms. The number of nitriles is 3. The molecule has 0 aromatic heterocycles. The monoisotopic (exact) mass is 264 g/mol. The molecule has 0 bridgehead atoms. The van der Waals surface area contributed by atoms with Crippen LogP contribution in [0.15, 0.2) is 10.7 Å². The van der Waals surface area contributed by atoms with E-state index in [9.17, 15) is 15.6 Å². The van der Waals surface area contributed by atoms with Crippen LogP contribution in [0.4, 0.5) is 0 Å². The van der Waals surface area contributed by atoms with E-state index in [0.29, 0.717) is 12.8 Å². The molecule has 0 saturated heterocycles. The quantitative estimate of drug-likeness (QED) is 0.739. The van der Waals surface area contributed by atoms with E-state index in [1.54, 1.807) is 13.8 Å². The summed E-state index contributed by atoms with van der Waals surface area (Å²) in [5.41, 5.74) is -2.91. The van der Waals surface area contributed by atoms with Gasteiger partial charge in [0.25, 0.3) is 0 Å². The Morgan fingerprint density at radius 1 is 1.28 bits per heavy atom. The van der Waals surface area contributed by atoms with Crippen molar-refractivity contribution >= 4 is 11.6 Å². The molecule has 1 rings (SSSR count). The highest BCUT2D eigenvalue weighted by molar-refractivity contribution is 6.30. The summed E-state index contributed by atoms with van der Waals surface area (Å²) in [5.74, 6) is 0. The summed E-state index contributed by atoms with van der Waals surface area (Å²) in [6.45, 7) is 3.54. The molecule has 0 spiro atoms. The number of allylic oxidation sites excluding steroid dienone is 1. The Labute approximate surface area is 111 Å². The molecular weight excluding hydrogens is 252 g/mol. The van der Waals surface area contributed by atoms with Crippen LogP contribution in [0.1, 0.15) is 26.7 Å². The second-order valence-electron chi connectivity index (χ2n) is 4.18. The zero-order valence-corrected chi connectivity index (χ0v) is 10.9. The first-order valence-corrected chi connectivity index (χ1v) is 5.94. The largest absolute Gasteiger partial charge is 0.373 e. The molecule has 1 heterocycles. The van der Waals surface area contributed by atoms with Crippen LogP contribution in [0.5, 0.6) is 0 Å². The lowest BCUT2D eigenvalue weighted by Gasteiger charge is -2.48. The van der Waals surface area contributed by atoms with Crippen molar-refractivity contribution in [2.24, 2.45) is 10.8 Å². The second-order valence-corrected chi connectivity index (χ2v) is 4.56. The minimum atomic E-state index is -1.73. The van der Waals surface area contributed by atoms with Gasteiger partial charge in [-0.05, 0) is 12.8 Å². The van der Waals surface area contributed by atoms with Gasteiger partial charge in [-0.1, -0.05) is 25.4 Å². The molecule has 1 aliphatic rings. The number of hydrogen-bond acceptors (Lipinski definition) is 5. The van der Waals surface area contributed by atoms with Crippen molar-refractivity contribution in [3.8, 4) is 18.2 Å². The summed E-state index contributed by atoms with van der Waals surface area (Å²) in [6.07, 6.45) is -0.404. The topological polar surface area (TPSA) is 104 Å². The third-order valence-corrected chi connectivity index (χ3v) is 4.14. The molecule has 0 saturated carbocycles. The van der Waals surface area contributed by atoms with Crippen LogP contribution >= 0.6 is 11.6 Å². The van der Waals surface area contributed by atoms with Gasteiger partial charge in [-0.3, -0.25) is 0 Å². The van der Waals surface area contributed by atoms with Gasteiger partial charge in [0.2, 0.25) is 0 Å². The van der Waals surface area contributed by atoms with Gasteiger partial charge in [-0.15, -0.1) is 0 Å². The smallest absolute Gasteiger partial charge is 0.191 e. The second kappa shape index (κ2) is 4.86. The highest BCUT2D eigenvalue weighted by Crippen LogP contribution is 2.54. The highest BCUT2D eigenvalue weighted by Gasteiger charge is 2.61. The summed E-state index contributed by atoms with van der Waals surface area (Å²) in [4.78, 5) is 0. The maximum absolute atomic E-state index is 10.2. The summed E-state index contributed by atoms with van der Waals surface area (Å²) in [5, 5.41) is 40.6. The number of hydrogen-bond donors (Lipinski definition) is 2. The lowest BCUT2D eigenvalue weighted by atomic mass is 9.56. The molecule has 1 atom stereocenters. The van der Waals surface area contributed by atoms with Crippen LogP contribution in [0.2, 0.25) is 0 Å². The van der Waals surface area contributed by atoms with E-state index < -0.39 is 17.1 Å². The first-order chi connectivity index (χ1) is 8.49. The Morgan fingerprint density at radius 2 is 1.78 bits per heavy atom. The average Bonchev–Trinajstić information content (AvgIpc) is 2.38. The van der Waals surface area contributed by atoms with E-state index >= 15 is 0 Å². The van der Waals surface area contributed by atoms with Crippen LogP contribution in [-0.2, 0) is 0 Å². The number of nitrogens with one attached hydrogen (secondary N) is 1. The third-order valence-electron chi connectivity index (χ3n) is 3.84. The van der Waals surface area contributed by atoms with Gasteiger partial charge >= 0.3 is 0 Å². The van der Waals surface area contributed by atoms with Gasteiger partial charge in [0, 0.05) is 0 Å². The zero-order chi connectivity index (χ0) is 14.0. The molecule has 1 aliphatic heterocycles. The molecule has 0 aromatic rings. The lowest BCUT2D eigenvalue weighted by molar-refractivity contribution is -0.0470. The normalized spacial score (nSPS) is 24.4. The van der Waals surface area contributed by atoms with E-state index in [4.69, 9.17) is 16.9 Å². The van der Waals surface area contributed by atoms with E-state index in [1.807, 2.05) is 18.2 Å². The molecule has 6 heteroatoms. The first kappa shape index (κ1) is 14.3. The predicted molar refractivity (Wildman–Crippen MR) is 64.3 cm³/mol. The maximum Gasteiger partial charge on any atom is 0.191 e. The average molecular weight is 265 g/mol. The molecule has 0 amide bonds. The number of halogens is 1. The molecule has 5 nitrogen and oxygen atoms in total. The SMILES string of the molecule is CCC1(CC)C(O)NC(Cl)=C(C#N)C1(C#N)C#N. The van der Waals surface area contributed by atoms with Gasteiger partial charge in [-0.25, -0.2) is 0 Å². The molecule has 0 aromatic carbocycles. The molecule has 0 aliphatic carbocycles. The summed E-state index contributed by atoms with van der Waals surface area (Å²) in [6, 6.07) is 5.61. The molecule has 2 N–H and O–H groups in total. The van der Waals surface area contributed by atoms with E-state index in [-0.39, 0.29) is 10.7 Å². The van der Waals surface area contributed by atoms with Crippen LogP contribution in [-0.4, -0.2) is 11.3 Å². The molecular formula is C12H13ClN4O. The van der Waals surface area contributed by atoms with Crippen molar-refractivity contribution in [3.63, 3.8) is 0 Å². The van der Waals surface area contributed by atoms with Crippen molar-refractivity contribution in [3.05, 3.63) is 10.7 Å². The third kappa shape index (κ3) is 1.47. The Kier molecular flexibility index (Phi) is 3.87. The summed E-state index contributed by atoms with van der Waals surface area (Å²) in [7, 11) is 0. The van der Waals surface area contributed by atoms with Crippen molar-refractivity contribution in [2.45, 2.75) is 32.9 Å². The van der Waals surface area contributed by atoms with Crippen LogP contribution in [0.25, 0.3) is 0 Å². The lowest BCUT2D eigenvalue weighted by Crippen LogP contribution is -2.58. The first-order valence-electron chi connectivity index (χ1n) is 5.57. The van der Waals surface area contributed by atoms with Crippen LogP contribution in [0, 0.1) is 44.8 Å². The van der Waals surface area contributed by atoms with E-state index in [0.717, 1.165) is 0 Å².